The maximum Gasteiger partial charge on any atom is 0.217 e. The summed E-state index contributed by atoms with van der Waals surface area (Å²) in [5.74, 6) is 0.633. The number of β-amino-alcohol motifs (C(OH)–C–C–N with tert-alkyl or cyclic N) is 1. The van der Waals surface area contributed by atoms with Gasteiger partial charge in [0, 0.05) is 37.4 Å². The molecule has 1 N–H and O–H groups in total. The fraction of sp³-hybridized carbons (Fsp3) is 0.562. The number of nitrogens with zero attached hydrogens (tertiary/aromatic N) is 5. The number of pyridine rings is 1. The fourth-order valence-electron chi connectivity index (χ4n) is 2.93. The molecule has 0 saturated carbocycles. The molecule has 1 aliphatic heterocycles. The van der Waals surface area contributed by atoms with E-state index in [1.54, 1.807) is 18.0 Å². The summed E-state index contributed by atoms with van der Waals surface area (Å²) >= 11 is 0. The van der Waals surface area contributed by atoms with Crippen LogP contribution in [0.25, 0.3) is 0 Å². The van der Waals surface area contributed by atoms with Gasteiger partial charge in [-0.2, -0.15) is 0 Å². The number of hydrogen-bond acceptors (Lipinski definition) is 6. The summed E-state index contributed by atoms with van der Waals surface area (Å²) in [7, 11) is 1.62. The summed E-state index contributed by atoms with van der Waals surface area (Å²) in [4.78, 5) is 6.41. The second-order valence-corrected chi connectivity index (χ2v) is 6.34. The van der Waals surface area contributed by atoms with E-state index < -0.39 is 5.60 Å². The van der Waals surface area contributed by atoms with Crippen LogP contribution in [0.1, 0.15) is 37.6 Å². The third-order valence-electron chi connectivity index (χ3n) is 4.28. The van der Waals surface area contributed by atoms with Gasteiger partial charge in [-0.15, -0.1) is 5.10 Å². The smallest absolute Gasteiger partial charge is 0.217 e. The first-order valence-corrected chi connectivity index (χ1v) is 7.87. The van der Waals surface area contributed by atoms with E-state index in [1.807, 2.05) is 32.2 Å². The van der Waals surface area contributed by atoms with Crippen LogP contribution >= 0.6 is 0 Å². The molecule has 1 fully saturated rings. The van der Waals surface area contributed by atoms with Crippen molar-refractivity contribution in [2.45, 2.75) is 38.5 Å². The monoisotopic (exact) mass is 317 g/mol. The van der Waals surface area contributed by atoms with Crippen molar-refractivity contribution in [2.75, 3.05) is 20.2 Å². The highest BCUT2D eigenvalue weighted by molar-refractivity contribution is 5.25. The minimum Gasteiger partial charge on any atom is -0.481 e. The van der Waals surface area contributed by atoms with Crippen molar-refractivity contribution in [3.63, 3.8) is 0 Å². The van der Waals surface area contributed by atoms with Crippen LogP contribution in [-0.4, -0.2) is 50.2 Å². The van der Waals surface area contributed by atoms with E-state index in [0.717, 1.165) is 12.1 Å². The summed E-state index contributed by atoms with van der Waals surface area (Å²) in [5.41, 5.74) is 0.722. The van der Waals surface area contributed by atoms with E-state index in [-0.39, 0.29) is 6.04 Å². The quantitative estimate of drug-likeness (QED) is 0.897. The van der Waals surface area contributed by atoms with E-state index in [4.69, 9.17) is 4.74 Å². The molecule has 1 saturated heterocycles. The molecule has 0 bridgehead atoms. The molecular weight excluding hydrogens is 294 g/mol. The lowest BCUT2D eigenvalue weighted by Crippen LogP contribution is -2.31. The fourth-order valence-corrected chi connectivity index (χ4v) is 2.93. The number of aromatic nitrogens is 4. The van der Waals surface area contributed by atoms with Gasteiger partial charge in [-0.1, -0.05) is 11.3 Å². The van der Waals surface area contributed by atoms with Crippen molar-refractivity contribution < 1.29 is 9.84 Å². The third-order valence-corrected chi connectivity index (χ3v) is 4.28. The Hall–Kier alpha value is -1.99. The molecule has 3 rings (SSSR count). The minimum atomic E-state index is -0.942. The Morgan fingerprint density at radius 3 is 2.96 bits per heavy atom. The van der Waals surface area contributed by atoms with E-state index in [2.05, 4.69) is 20.2 Å². The first-order valence-electron chi connectivity index (χ1n) is 7.87. The largest absolute Gasteiger partial charge is 0.481 e. The van der Waals surface area contributed by atoms with Gasteiger partial charge >= 0.3 is 0 Å². The van der Waals surface area contributed by atoms with Gasteiger partial charge in [-0.25, -0.2) is 9.67 Å². The lowest BCUT2D eigenvalue weighted by Gasteiger charge is -2.21. The van der Waals surface area contributed by atoms with Crippen LogP contribution in [0.15, 0.2) is 24.5 Å². The number of hydrogen-bond donors (Lipinski definition) is 1. The van der Waals surface area contributed by atoms with E-state index in [1.165, 1.54) is 0 Å². The summed E-state index contributed by atoms with van der Waals surface area (Å²) in [6, 6.07) is 4.13. The van der Waals surface area contributed by atoms with Crippen LogP contribution in [0, 0.1) is 0 Å². The van der Waals surface area contributed by atoms with Crippen LogP contribution in [-0.2, 0) is 12.1 Å². The molecule has 1 aliphatic rings. The highest BCUT2D eigenvalue weighted by Crippen LogP contribution is 2.32. The molecule has 0 amide bonds. The summed E-state index contributed by atoms with van der Waals surface area (Å²) in [6.45, 7) is 6.10. The van der Waals surface area contributed by atoms with Gasteiger partial charge in [0.1, 0.15) is 11.3 Å². The Kier molecular flexibility index (Phi) is 4.32. The van der Waals surface area contributed by atoms with Gasteiger partial charge in [0.25, 0.3) is 0 Å². The second kappa shape index (κ2) is 6.25. The Labute approximate surface area is 135 Å². The van der Waals surface area contributed by atoms with Gasteiger partial charge in [-0.3, -0.25) is 4.90 Å². The number of likely N-dealkylation sites (tertiary alicyclic amines) is 1. The molecule has 7 nitrogen and oxygen atoms in total. The van der Waals surface area contributed by atoms with Crippen LogP contribution < -0.4 is 4.74 Å². The van der Waals surface area contributed by atoms with Crippen molar-refractivity contribution in [3.8, 4) is 5.88 Å². The molecule has 124 valence electrons. The molecule has 1 atom stereocenters. The van der Waals surface area contributed by atoms with Crippen molar-refractivity contribution >= 4 is 0 Å². The standard InChI is InChI=1S/C16H23N5O2/c1-12(2)21-10-14(18-19-21)16(22)6-8-20(11-16)9-13-5-4-7-17-15(13)23-3/h4-5,7,10,12,22H,6,8-9,11H2,1-3H3/t16-/m0/s1. The molecule has 0 aromatic carbocycles. The van der Waals surface area contributed by atoms with Crippen molar-refractivity contribution in [1.82, 2.24) is 24.9 Å². The Bertz CT molecular complexity index is 672. The Morgan fingerprint density at radius 2 is 2.26 bits per heavy atom. The van der Waals surface area contributed by atoms with Crippen LogP contribution in [0.5, 0.6) is 5.88 Å². The first kappa shape index (κ1) is 15.9. The molecule has 23 heavy (non-hydrogen) atoms. The second-order valence-electron chi connectivity index (χ2n) is 6.34. The van der Waals surface area contributed by atoms with Gasteiger partial charge in [0.15, 0.2) is 0 Å². The van der Waals surface area contributed by atoms with Gasteiger partial charge < -0.3 is 9.84 Å². The lowest BCUT2D eigenvalue weighted by molar-refractivity contribution is 0.0407. The van der Waals surface area contributed by atoms with Gasteiger partial charge in [0.2, 0.25) is 5.88 Å². The summed E-state index contributed by atoms with van der Waals surface area (Å²) in [5, 5.41) is 19.2. The molecule has 2 aromatic heterocycles. The van der Waals surface area contributed by atoms with Crippen LogP contribution in [0.3, 0.4) is 0 Å². The average molecular weight is 317 g/mol. The molecule has 0 unspecified atom stereocenters. The SMILES string of the molecule is COc1ncccc1CN1CC[C@@](O)(c2cn(C(C)C)nn2)C1. The van der Waals surface area contributed by atoms with E-state index in [9.17, 15) is 5.11 Å². The predicted octanol–water partition coefficient (Wildman–Crippen LogP) is 1.36. The molecule has 0 aliphatic carbocycles. The molecule has 7 heteroatoms. The maximum absolute atomic E-state index is 10.9. The van der Waals surface area contributed by atoms with Crippen molar-refractivity contribution in [3.05, 3.63) is 35.8 Å². The number of methoxy groups -OCH3 is 1. The number of rotatable bonds is 5. The molecule has 2 aromatic rings. The van der Waals surface area contributed by atoms with Crippen LogP contribution in [0.2, 0.25) is 0 Å². The van der Waals surface area contributed by atoms with E-state index in [0.29, 0.717) is 31.1 Å². The highest BCUT2D eigenvalue weighted by atomic mass is 16.5. The van der Waals surface area contributed by atoms with Gasteiger partial charge in [0.05, 0.1) is 13.3 Å². The first-order chi connectivity index (χ1) is 11.0. The zero-order chi connectivity index (χ0) is 16.4. The molecule has 0 radical (unpaired) electrons. The maximum atomic E-state index is 10.9. The molecule has 3 heterocycles. The summed E-state index contributed by atoms with van der Waals surface area (Å²) in [6.07, 6.45) is 4.21. The topological polar surface area (TPSA) is 76.3 Å². The van der Waals surface area contributed by atoms with E-state index >= 15 is 0 Å². The summed E-state index contributed by atoms with van der Waals surface area (Å²) < 4.78 is 7.07. The average Bonchev–Trinajstić information content (AvgIpc) is 3.16. The number of aliphatic hydroxyl groups is 1. The lowest BCUT2D eigenvalue weighted by atomic mass is 10.00. The van der Waals surface area contributed by atoms with Crippen molar-refractivity contribution in [2.24, 2.45) is 0 Å². The van der Waals surface area contributed by atoms with Gasteiger partial charge in [-0.05, 0) is 26.3 Å². The zero-order valence-electron chi connectivity index (χ0n) is 13.8. The zero-order valence-corrected chi connectivity index (χ0v) is 13.8. The highest BCUT2D eigenvalue weighted by Gasteiger charge is 2.40. The molecular formula is C16H23N5O2. The molecule has 0 spiro atoms. The predicted molar refractivity (Wildman–Crippen MR) is 85.0 cm³/mol. The minimum absolute atomic E-state index is 0.233. The Balaban J connectivity index is 1.72. The normalized spacial score (nSPS) is 22.0. The number of ether oxygens (including phenoxy) is 1. The van der Waals surface area contributed by atoms with Crippen molar-refractivity contribution in [1.29, 1.82) is 0 Å². The van der Waals surface area contributed by atoms with Crippen LogP contribution in [0.4, 0.5) is 0 Å². The third kappa shape index (κ3) is 3.20. The Morgan fingerprint density at radius 1 is 1.43 bits per heavy atom.